The fourth-order valence-electron chi connectivity index (χ4n) is 2.80. The van der Waals surface area contributed by atoms with Gasteiger partial charge in [0.05, 0.1) is 6.42 Å². The van der Waals surface area contributed by atoms with Gasteiger partial charge in [0.15, 0.2) is 11.6 Å². The summed E-state index contributed by atoms with van der Waals surface area (Å²) in [5.41, 5.74) is 3.27. The van der Waals surface area contributed by atoms with Gasteiger partial charge in [-0.2, -0.15) is 0 Å². The number of Topliss-reactive ketones (excluding diaryl/α,β-unsaturated/α-hetero) is 2. The summed E-state index contributed by atoms with van der Waals surface area (Å²) in [6.45, 7) is 6.39. The first-order chi connectivity index (χ1) is 11.4. The number of nitrogens with one attached hydrogen (secondary N) is 1. The SMILES string of the molecule is CC(C)(C)c1ccc(C(=O)CC(=O)c2c[nH]c3ccccc23)cc1. The third-order valence-corrected chi connectivity index (χ3v) is 4.28. The maximum Gasteiger partial charge on any atom is 0.172 e. The highest BCUT2D eigenvalue weighted by Crippen LogP contribution is 2.23. The van der Waals surface area contributed by atoms with E-state index < -0.39 is 0 Å². The van der Waals surface area contributed by atoms with Crippen LogP contribution in [0.1, 0.15) is 53.5 Å². The Morgan fingerprint density at radius 3 is 2.25 bits per heavy atom. The van der Waals surface area contributed by atoms with E-state index in [1.807, 2.05) is 48.5 Å². The fourth-order valence-corrected chi connectivity index (χ4v) is 2.80. The molecule has 0 atom stereocenters. The van der Waals surface area contributed by atoms with Crippen molar-refractivity contribution < 1.29 is 9.59 Å². The summed E-state index contributed by atoms with van der Waals surface area (Å²) in [4.78, 5) is 28.0. The molecule has 3 nitrogen and oxygen atoms in total. The van der Waals surface area contributed by atoms with Crippen LogP contribution >= 0.6 is 0 Å². The number of H-pyrrole nitrogens is 1. The van der Waals surface area contributed by atoms with E-state index in [1.165, 1.54) is 5.56 Å². The number of hydrogen-bond acceptors (Lipinski definition) is 2. The van der Waals surface area contributed by atoms with E-state index in [2.05, 4.69) is 25.8 Å². The van der Waals surface area contributed by atoms with Gasteiger partial charge in [0.25, 0.3) is 0 Å². The van der Waals surface area contributed by atoms with Gasteiger partial charge < -0.3 is 4.98 Å². The van der Waals surface area contributed by atoms with Crippen LogP contribution in [0.2, 0.25) is 0 Å². The van der Waals surface area contributed by atoms with Crippen LogP contribution in [-0.2, 0) is 5.41 Å². The molecular formula is C21H21NO2. The van der Waals surface area contributed by atoms with Crippen LogP contribution in [0.4, 0.5) is 0 Å². The number of aromatic amines is 1. The fraction of sp³-hybridized carbons (Fsp3) is 0.238. The van der Waals surface area contributed by atoms with Crippen LogP contribution in [0.5, 0.6) is 0 Å². The Morgan fingerprint density at radius 2 is 1.58 bits per heavy atom. The summed E-state index contributed by atoms with van der Waals surface area (Å²) in [5, 5.41) is 0.860. The lowest BCUT2D eigenvalue weighted by Gasteiger charge is -2.18. The largest absolute Gasteiger partial charge is 0.360 e. The minimum Gasteiger partial charge on any atom is -0.360 e. The number of benzene rings is 2. The molecule has 0 radical (unpaired) electrons. The maximum absolute atomic E-state index is 12.5. The first kappa shape index (κ1) is 16.2. The van der Waals surface area contributed by atoms with Crippen molar-refractivity contribution in [1.82, 2.24) is 4.98 Å². The van der Waals surface area contributed by atoms with Crippen molar-refractivity contribution in [3.8, 4) is 0 Å². The van der Waals surface area contributed by atoms with Gasteiger partial charge >= 0.3 is 0 Å². The highest BCUT2D eigenvalue weighted by atomic mass is 16.1. The molecule has 0 aliphatic heterocycles. The van der Waals surface area contributed by atoms with Crippen molar-refractivity contribution in [3.05, 3.63) is 71.4 Å². The van der Waals surface area contributed by atoms with Gasteiger partial charge in [0.1, 0.15) is 0 Å². The monoisotopic (exact) mass is 319 g/mol. The number of para-hydroxylation sites is 1. The first-order valence-electron chi connectivity index (χ1n) is 8.09. The molecule has 122 valence electrons. The van der Waals surface area contributed by atoms with Crippen LogP contribution < -0.4 is 0 Å². The van der Waals surface area contributed by atoms with Gasteiger partial charge in [-0.1, -0.05) is 63.2 Å². The minimum atomic E-state index is -0.155. The van der Waals surface area contributed by atoms with E-state index in [9.17, 15) is 9.59 Å². The van der Waals surface area contributed by atoms with Crippen LogP contribution in [0, 0.1) is 0 Å². The quantitative estimate of drug-likeness (QED) is 0.548. The van der Waals surface area contributed by atoms with Crippen molar-refractivity contribution in [3.63, 3.8) is 0 Å². The zero-order valence-electron chi connectivity index (χ0n) is 14.2. The van der Waals surface area contributed by atoms with Crippen molar-refractivity contribution >= 4 is 22.5 Å². The Kier molecular flexibility index (Phi) is 4.10. The zero-order valence-corrected chi connectivity index (χ0v) is 14.2. The number of hydrogen-bond donors (Lipinski definition) is 1. The summed E-state index contributed by atoms with van der Waals surface area (Å²) in [7, 11) is 0. The summed E-state index contributed by atoms with van der Waals surface area (Å²) in [5.74, 6) is -0.303. The van der Waals surface area contributed by atoms with E-state index >= 15 is 0 Å². The lowest BCUT2D eigenvalue weighted by atomic mass is 9.86. The molecule has 3 rings (SSSR count). The van der Waals surface area contributed by atoms with Gasteiger partial charge in [0, 0.05) is 28.2 Å². The molecule has 3 heteroatoms. The lowest BCUT2D eigenvalue weighted by molar-refractivity contribution is 0.0895. The number of fused-ring (bicyclic) bond motifs is 1. The lowest BCUT2D eigenvalue weighted by Crippen LogP contribution is -2.12. The molecule has 1 aromatic heterocycles. The molecule has 1 heterocycles. The van der Waals surface area contributed by atoms with E-state index in [4.69, 9.17) is 0 Å². The predicted molar refractivity (Wildman–Crippen MR) is 96.7 cm³/mol. The molecular weight excluding hydrogens is 298 g/mol. The molecule has 0 saturated heterocycles. The Labute approximate surface area is 141 Å². The molecule has 0 aliphatic carbocycles. The number of ketones is 2. The summed E-state index contributed by atoms with van der Waals surface area (Å²) in [6, 6.07) is 15.2. The van der Waals surface area contributed by atoms with Gasteiger partial charge in [-0.15, -0.1) is 0 Å². The van der Waals surface area contributed by atoms with E-state index in [0.717, 1.165) is 10.9 Å². The molecule has 2 aromatic carbocycles. The van der Waals surface area contributed by atoms with Gasteiger partial charge in [0.2, 0.25) is 0 Å². The third kappa shape index (κ3) is 3.16. The molecule has 1 N–H and O–H groups in total. The van der Waals surface area contributed by atoms with E-state index in [0.29, 0.717) is 11.1 Å². The Hall–Kier alpha value is -2.68. The number of aromatic nitrogens is 1. The van der Waals surface area contributed by atoms with Crippen LogP contribution in [0.15, 0.2) is 54.7 Å². The summed E-state index contributed by atoms with van der Waals surface area (Å²) >= 11 is 0. The molecule has 3 aromatic rings. The molecule has 0 amide bonds. The second kappa shape index (κ2) is 6.08. The van der Waals surface area contributed by atoms with E-state index in [-0.39, 0.29) is 23.4 Å². The zero-order chi connectivity index (χ0) is 17.3. The normalized spacial score (nSPS) is 11.6. The van der Waals surface area contributed by atoms with Crippen molar-refractivity contribution in [2.75, 3.05) is 0 Å². The van der Waals surface area contributed by atoms with Crippen LogP contribution in [0.3, 0.4) is 0 Å². The highest BCUT2D eigenvalue weighted by Gasteiger charge is 2.18. The molecule has 24 heavy (non-hydrogen) atoms. The number of rotatable bonds is 4. The van der Waals surface area contributed by atoms with Gasteiger partial charge in [-0.25, -0.2) is 0 Å². The topological polar surface area (TPSA) is 49.9 Å². The molecule has 0 aliphatic rings. The summed E-state index contributed by atoms with van der Waals surface area (Å²) < 4.78 is 0. The smallest absolute Gasteiger partial charge is 0.172 e. The Morgan fingerprint density at radius 1 is 0.917 bits per heavy atom. The number of carbonyl (C=O) groups excluding carboxylic acids is 2. The highest BCUT2D eigenvalue weighted by molar-refractivity contribution is 6.17. The average Bonchev–Trinajstić information content (AvgIpc) is 2.98. The second-order valence-electron chi connectivity index (χ2n) is 7.10. The van der Waals surface area contributed by atoms with E-state index in [1.54, 1.807) is 6.20 Å². The van der Waals surface area contributed by atoms with Crippen molar-refractivity contribution in [1.29, 1.82) is 0 Å². The molecule has 0 fully saturated rings. The van der Waals surface area contributed by atoms with Gasteiger partial charge in [-0.05, 0) is 17.0 Å². The van der Waals surface area contributed by atoms with Crippen molar-refractivity contribution in [2.45, 2.75) is 32.6 Å². The Balaban J connectivity index is 1.78. The van der Waals surface area contributed by atoms with Crippen LogP contribution in [0.25, 0.3) is 10.9 Å². The number of carbonyl (C=O) groups is 2. The van der Waals surface area contributed by atoms with Gasteiger partial charge in [-0.3, -0.25) is 9.59 Å². The van der Waals surface area contributed by atoms with Crippen LogP contribution in [-0.4, -0.2) is 16.6 Å². The van der Waals surface area contributed by atoms with Crippen molar-refractivity contribution in [2.24, 2.45) is 0 Å². The predicted octanol–water partition coefficient (Wildman–Crippen LogP) is 4.92. The Bertz CT molecular complexity index is 895. The molecule has 0 saturated carbocycles. The summed E-state index contributed by atoms with van der Waals surface area (Å²) in [6.07, 6.45) is 1.57. The second-order valence-corrected chi connectivity index (χ2v) is 7.10. The standard InChI is InChI=1S/C21H21NO2/c1-21(2,3)15-10-8-14(9-11-15)19(23)12-20(24)17-13-22-18-7-5-4-6-16(17)18/h4-11,13,22H,12H2,1-3H3. The maximum atomic E-state index is 12.5. The molecule has 0 bridgehead atoms. The third-order valence-electron chi connectivity index (χ3n) is 4.28. The molecule has 0 unspecified atom stereocenters. The first-order valence-corrected chi connectivity index (χ1v) is 8.09. The minimum absolute atomic E-state index is 0.0431. The average molecular weight is 319 g/mol. The molecule has 0 spiro atoms.